The van der Waals surface area contributed by atoms with Gasteiger partial charge in [-0.2, -0.15) is 15.3 Å². The first-order valence-electron chi connectivity index (χ1n) is 9.54. The van der Waals surface area contributed by atoms with Crippen LogP contribution in [0.5, 0.6) is 5.75 Å². The van der Waals surface area contributed by atoms with Gasteiger partial charge in [-0.1, -0.05) is 18.2 Å². The fourth-order valence-electron chi connectivity index (χ4n) is 3.07. The monoisotopic (exact) mass is 405 g/mol. The number of nitrogens with zero attached hydrogens (tertiary/aromatic N) is 6. The Balaban J connectivity index is 1.60. The van der Waals surface area contributed by atoms with Gasteiger partial charge in [0.05, 0.1) is 6.20 Å². The third-order valence-corrected chi connectivity index (χ3v) is 4.39. The Hall–Kier alpha value is -3.56. The Labute approximate surface area is 174 Å². The number of hydrogen-bond acceptors (Lipinski definition) is 8. The van der Waals surface area contributed by atoms with Crippen molar-refractivity contribution in [1.82, 2.24) is 30.3 Å². The molecule has 0 saturated carbocycles. The standard InChI is InChI=1S/C21H23N7O2/c1-27(2)13-17(29)14-30-18-10-8-16(9-11-18)28(15-6-4-3-5-7-15)21-22-12-19-20(23-21)25-26-24-19/h3-12,17,29H,13-14H2,1-2H3,(H,22,23,24,25,26). The van der Waals surface area contributed by atoms with Crippen molar-refractivity contribution in [2.75, 3.05) is 32.1 Å². The summed E-state index contributed by atoms with van der Waals surface area (Å²) in [6, 6.07) is 17.4. The van der Waals surface area contributed by atoms with Gasteiger partial charge in [-0.05, 0) is 50.5 Å². The number of para-hydroxylation sites is 1. The Bertz CT molecular complexity index is 1080. The van der Waals surface area contributed by atoms with E-state index in [4.69, 9.17) is 4.74 Å². The lowest BCUT2D eigenvalue weighted by atomic mass is 10.2. The van der Waals surface area contributed by atoms with Gasteiger partial charge in [0.1, 0.15) is 24.0 Å². The second-order valence-electron chi connectivity index (χ2n) is 7.09. The molecule has 0 bridgehead atoms. The quantitative estimate of drug-likeness (QED) is 0.461. The van der Waals surface area contributed by atoms with Crippen LogP contribution in [0.4, 0.5) is 17.3 Å². The molecule has 9 nitrogen and oxygen atoms in total. The summed E-state index contributed by atoms with van der Waals surface area (Å²) in [4.78, 5) is 12.9. The predicted octanol–water partition coefficient (Wildman–Crippen LogP) is 2.52. The lowest BCUT2D eigenvalue weighted by molar-refractivity contribution is 0.0831. The minimum absolute atomic E-state index is 0.228. The van der Waals surface area contributed by atoms with Gasteiger partial charge in [-0.15, -0.1) is 5.10 Å². The van der Waals surface area contributed by atoms with Crippen LogP contribution in [-0.2, 0) is 0 Å². The van der Waals surface area contributed by atoms with Crippen molar-refractivity contribution >= 4 is 28.5 Å². The van der Waals surface area contributed by atoms with Crippen LogP contribution in [0.2, 0.25) is 0 Å². The predicted molar refractivity (Wildman–Crippen MR) is 114 cm³/mol. The number of benzene rings is 2. The van der Waals surface area contributed by atoms with E-state index in [0.717, 1.165) is 11.4 Å². The number of aromatic amines is 1. The Morgan fingerprint density at radius 2 is 1.73 bits per heavy atom. The van der Waals surface area contributed by atoms with Gasteiger partial charge in [0.25, 0.3) is 0 Å². The number of aliphatic hydroxyl groups excluding tert-OH is 1. The summed E-state index contributed by atoms with van der Waals surface area (Å²) in [5, 5.41) is 20.6. The van der Waals surface area contributed by atoms with Crippen LogP contribution in [0.1, 0.15) is 0 Å². The van der Waals surface area contributed by atoms with Crippen LogP contribution in [0.15, 0.2) is 60.8 Å². The number of hydrogen-bond donors (Lipinski definition) is 2. The van der Waals surface area contributed by atoms with Crippen LogP contribution in [0.25, 0.3) is 11.2 Å². The summed E-state index contributed by atoms with van der Waals surface area (Å²) in [7, 11) is 3.82. The fraction of sp³-hybridized carbons (Fsp3) is 0.238. The van der Waals surface area contributed by atoms with Crippen LogP contribution in [0, 0.1) is 0 Å². The van der Waals surface area contributed by atoms with Crippen molar-refractivity contribution in [3.05, 3.63) is 60.8 Å². The third-order valence-electron chi connectivity index (χ3n) is 4.39. The molecular weight excluding hydrogens is 382 g/mol. The van der Waals surface area contributed by atoms with Crippen molar-refractivity contribution in [3.63, 3.8) is 0 Å². The van der Waals surface area contributed by atoms with Gasteiger partial charge in [0.2, 0.25) is 11.6 Å². The summed E-state index contributed by atoms with van der Waals surface area (Å²) in [6.07, 6.45) is 1.09. The largest absolute Gasteiger partial charge is 0.491 e. The molecule has 30 heavy (non-hydrogen) atoms. The molecule has 1 atom stereocenters. The smallest absolute Gasteiger partial charge is 0.236 e. The van der Waals surface area contributed by atoms with Crippen molar-refractivity contribution in [3.8, 4) is 5.75 Å². The van der Waals surface area contributed by atoms with Crippen molar-refractivity contribution < 1.29 is 9.84 Å². The summed E-state index contributed by atoms with van der Waals surface area (Å²) in [5.74, 6) is 1.16. The number of aromatic nitrogens is 5. The molecule has 0 fully saturated rings. The second kappa shape index (κ2) is 8.85. The first kappa shape index (κ1) is 19.7. The molecule has 0 aliphatic rings. The van der Waals surface area contributed by atoms with E-state index in [1.54, 1.807) is 6.20 Å². The van der Waals surface area contributed by atoms with E-state index < -0.39 is 6.10 Å². The molecule has 0 saturated heterocycles. The zero-order valence-corrected chi connectivity index (χ0v) is 16.8. The number of likely N-dealkylation sites (N-methyl/N-ethyl adjacent to an activating group) is 1. The van der Waals surface area contributed by atoms with Crippen LogP contribution in [0.3, 0.4) is 0 Å². The number of ether oxygens (including phenoxy) is 1. The van der Waals surface area contributed by atoms with E-state index in [9.17, 15) is 5.11 Å². The summed E-state index contributed by atoms with van der Waals surface area (Å²) in [5.41, 5.74) is 2.88. The average molecular weight is 405 g/mol. The molecule has 0 radical (unpaired) electrons. The fourth-order valence-corrected chi connectivity index (χ4v) is 3.07. The zero-order chi connectivity index (χ0) is 20.9. The number of rotatable bonds is 8. The van der Waals surface area contributed by atoms with E-state index >= 15 is 0 Å². The van der Waals surface area contributed by atoms with Crippen LogP contribution in [-0.4, -0.2) is 68.7 Å². The maximum Gasteiger partial charge on any atom is 0.236 e. The number of H-pyrrole nitrogens is 1. The maximum absolute atomic E-state index is 9.98. The van der Waals surface area contributed by atoms with Crippen LogP contribution < -0.4 is 9.64 Å². The normalized spacial score (nSPS) is 12.3. The molecule has 0 aliphatic heterocycles. The van der Waals surface area contributed by atoms with Crippen molar-refractivity contribution in [1.29, 1.82) is 0 Å². The lowest BCUT2D eigenvalue weighted by Crippen LogP contribution is -2.30. The topological polar surface area (TPSA) is 103 Å². The molecule has 4 rings (SSSR count). The van der Waals surface area contributed by atoms with E-state index in [-0.39, 0.29) is 6.61 Å². The highest BCUT2D eigenvalue weighted by molar-refractivity contribution is 5.76. The third kappa shape index (κ3) is 4.53. The highest BCUT2D eigenvalue weighted by atomic mass is 16.5. The van der Waals surface area contributed by atoms with Gasteiger partial charge in [-0.25, -0.2) is 4.98 Å². The minimum Gasteiger partial charge on any atom is -0.491 e. The summed E-state index contributed by atoms with van der Waals surface area (Å²) >= 11 is 0. The van der Waals surface area contributed by atoms with E-state index in [2.05, 4.69) is 25.4 Å². The maximum atomic E-state index is 9.98. The molecule has 2 aromatic carbocycles. The SMILES string of the molecule is CN(C)CC(O)COc1ccc(N(c2ccccc2)c2ncc3n[nH]nc3n2)cc1. The van der Waals surface area contributed by atoms with Gasteiger partial charge in [0, 0.05) is 17.9 Å². The highest BCUT2D eigenvalue weighted by Crippen LogP contribution is 2.33. The minimum atomic E-state index is -0.553. The zero-order valence-electron chi connectivity index (χ0n) is 16.8. The lowest BCUT2D eigenvalue weighted by Gasteiger charge is -2.23. The number of aliphatic hydroxyl groups is 1. The summed E-state index contributed by atoms with van der Waals surface area (Å²) in [6.45, 7) is 0.771. The molecule has 0 aliphatic carbocycles. The molecule has 9 heteroatoms. The van der Waals surface area contributed by atoms with Gasteiger partial charge in [0.15, 0.2) is 0 Å². The molecule has 2 N–H and O–H groups in total. The molecular formula is C21H23N7O2. The Kier molecular flexibility index (Phi) is 5.82. The number of nitrogens with one attached hydrogen (secondary N) is 1. The molecule has 2 aromatic heterocycles. The van der Waals surface area contributed by atoms with E-state index in [1.807, 2.05) is 78.5 Å². The van der Waals surface area contributed by atoms with Crippen molar-refractivity contribution in [2.45, 2.75) is 6.10 Å². The van der Waals surface area contributed by atoms with Crippen LogP contribution >= 0.6 is 0 Å². The molecule has 154 valence electrons. The molecule has 1 unspecified atom stereocenters. The Morgan fingerprint density at radius 3 is 2.47 bits per heavy atom. The summed E-state index contributed by atoms with van der Waals surface area (Å²) < 4.78 is 5.71. The molecule has 4 aromatic rings. The van der Waals surface area contributed by atoms with Gasteiger partial charge in [-0.3, -0.25) is 4.90 Å². The molecule has 0 amide bonds. The number of anilines is 3. The molecule has 2 heterocycles. The van der Waals surface area contributed by atoms with E-state index in [1.165, 1.54) is 0 Å². The second-order valence-corrected chi connectivity index (χ2v) is 7.09. The Morgan fingerprint density at radius 1 is 1.00 bits per heavy atom. The first-order valence-corrected chi connectivity index (χ1v) is 9.54. The molecule has 0 spiro atoms. The van der Waals surface area contributed by atoms with Gasteiger partial charge < -0.3 is 14.7 Å². The van der Waals surface area contributed by atoms with Gasteiger partial charge >= 0.3 is 0 Å². The van der Waals surface area contributed by atoms with E-state index in [0.29, 0.717) is 29.4 Å². The first-order chi connectivity index (χ1) is 14.6. The number of fused-ring (bicyclic) bond motifs is 1. The van der Waals surface area contributed by atoms with Crippen molar-refractivity contribution in [2.24, 2.45) is 0 Å². The highest BCUT2D eigenvalue weighted by Gasteiger charge is 2.16. The average Bonchev–Trinajstić information content (AvgIpc) is 3.22.